The topological polar surface area (TPSA) is 71.1 Å². The maximum atomic E-state index is 13.3. The summed E-state index contributed by atoms with van der Waals surface area (Å²) < 4.78 is 11.1. The number of amides is 2. The summed E-state index contributed by atoms with van der Waals surface area (Å²) in [6.07, 6.45) is 2.86. The Morgan fingerprint density at radius 2 is 1.97 bits per heavy atom. The number of carbonyl (C=O) groups excluding carboxylic acids is 2. The molecule has 7 heteroatoms. The van der Waals surface area contributed by atoms with Crippen molar-refractivity contribution in [2.45, 2.75) is 64.6 Å². The van der Waals surface area contributed by atoms with Gasteiger partial charge in [0.25, 0.3) is 0 Å². The molecule has 1 N–H and O–H groups in total. The van der Waals surface area contributed by atoms with Crippen LogP contribution in [0.15, 0.2) is 18.2 Å². The molecule has 3 aliphatic rings. The van der Waals surface area contributed by atoms with Gasteiger partial charge in [0.15, 0.2) is 11.5 Å². The molecule has 1 aromatic carbocycles. The predicted molar refractivity (Wildman–Crippen MR) is 113 cm³/mol. The molecule has 1 aromatic rings. The number of benzene rings is 1. The largest absolute Gasteiger partial charge is 0.454 e. The van der Waals surface area contributed by atoms with E-state index in [1.54, 1.807) is 0 Å². The molecular weight excluding hydrogens is 382 g/mol. The SMILES string of the molecule is CCCN1C(=O)C(CC(C)C)NC(=O)C12CCN(Cc1cccc3c1OCO3)CC2. The third kappa shape index (κ3) is 3.75. The van der Waals surface area contributed by atoms with E-state index in [2.05, 4.69) is 37.1 Å². The van der Waals surface area contributed by atoms with E-state index >= 15 is 0 Å². The lowest BCUT2D eigenvalue weighted by atomic mass is 9.80. The molecule has 0 bridgehead atoms. The van der Waals surface area contributed by atoms with Crippen molar-refractivity contribution in [2.75, 3.05) is 26.4 Å². The highest BCUT2D eigenvalue weighted by Gasteiger charge is 2.53. The zero-order valence-electron chi connectivity index (χ0n) is 18.3. The minimum Gasteiger partial charge on any atom is -0.454 e. The van der Waals surface area contributed by atoms with Gasteiger partial charge in [0.1, 0.15) is 11.6 Å². The van der Waals surface area contributed by atoms with E-state index < -0.39 is 11.6 Å². The summed E-state index contributed by atoms with van der Waals surface area (Å²) in [6.45, 7) is 9.42. The van der Waals surface area contributed by atoms with Crippen LogP contribution in [0.2, 0.25) is 0 Å². The molecule has 30 heavy (non-hydrogen) atoms. The first-order valence-electron chi connectivity index (χ1n) is 11.2. The fourth-order valence-corrected chi connectivity index (χ4v) is 4.99. The molecule has 2 fully saturated rings. The van der Waals surface area contributed by atoms with Crippen LogP contribution in [0.5, 0.6) is 11.5 Å². The van der Waals surface area contributed by atoms with Gasteiger partial charge in [-0.3, -0.25) is 14.5 Å². The number of nitrogens with one attached hydrogen (secondary N) is 1. The highest BCUT2D eigenvalue weighted by molar-refractivity contribution is 6.00. The number of fused-ring (bicyclic) bond motifs is 1. The second kappa shape index (κ2) is 8.46. The Hall–Kier alpha value is -2.28. The Bertz CT molecular complexity index is 802. The maximum absolute atomic E-state index is 13.3. The van der Waals surface area contributed by atoms with Gasteiger partial charge in [-0.15, -0.1) is 0 Å². The van der Waals surface area contributed by atoms with Crippen molar-refractivity contribution in [2.24, 2.45) is 5.92 Å². The first-order valence-corrected chi connectivity index (χ1v) is 11.2. The summed E-state index contributed by atoms with van der Waals surface area (Å²) >= 11 is 0. The number of hydrogen-bond donors (Lipinski definition) is 1. The smallest absolute Gasteiger partial charge is 0.246 e. The normalized spacial score (nSPS) is 23.3. The average molecular weight is 416 g/mol. The van der Waals surface area contributed by atoms with Crippen LogP contribution in [0, 0.1) is 5.92 Å². The highest BCUT2D eigenvalue weighted by atomic mass is 16.7. The lowest BCUT2D eigenvalue weighted by Crippen LogP contribution is -2.73. The van der Waals surface area contributed by atoms with Crippen molar-refractivity contribution in [3.8, 4) is 11.5 Å². The Labute approximate surface area is 178 Å². The Morgan fingerprint density at radius 1 is 1.20 bits per heavy atom. The number of para-hydroxylation sites is 1. The molecule has 1 spiro atoms. The van der Waals surface area contributed by atoms with Gasteiger partial charge in [-0.05, 0) is 37.7 Å². The second-order valence-electron chi connectivity index (χ2n) is 9.10. The lowest BCUT2D eigenvalue weighted by molar-refractivity contribution is -0.161. The van der Waals surface area contributed by atoms with Gasteiger partial charge in [0.2, 0.25) is 18.6 Å². The van der Waals surface area contributed by atoms with Gasteiger partial charge in [0, 0.05) is 31.7 Å². The van der Waals surface area contributed by atoms with Crippen molar-refractivity contribution in [1.82, 2.24) is 15.1 Å². The maximum Gasteiger partial charge on any atom is 0.246 e. The van der Waals surface area contributed by atoms with Crippen molar-refractivity contribution >= 4 is 11.8 Å². The third-order valence-electron chi connectivity index (χ3n) is 6.52. The van der Waals surface area contributed by atoms with Crippen LogP contribution in [0.3, 0.4) is 0 Å². The molecule has 0 saturated carbocycles. The molecule has 7 nitrogen and oxygen atoms in total. The molecule has 2 saturated heterocycles. The van der Waals surface area contributed by atoms with E-state index in [4.69, 9.17) is 9.47 Å². The fraction of sp³-hybridized carbons (Fsp3) is 0.652. The Balaban J connectivity index is 1.47. The number of carbonyl (C=O) groups is 2. The van der Waals surface area contributed by atoms with Crippen LogP contribution in [-0.4, -0.2) is 59.6 Å². The van der Waals surface area contributed by atoms with Crippen LogP contribution >= 0.6 is 0 Å². The zero-order valence-corrected chi connectivity index (χ0v) is 18.3. The Morgan fingerprint density at radius 3 is 2.67 bits per heavy atom. The van der Waals surface area contributed by atoms with Gasteiger partial charge < -0.3 is 19.7 Å². The number of piperidine rings is 1. The Kier molecular flexibility index (Phi) is 5.91. The molecule has 3 aliphatic heterocycles. The van der Waals surface area contributed by atoms with Crippen molar-refractivity contribution in [1.29, 1.82) is 0 Å². The number of rotatable bonds is 6. The summed E-state index contributed by atoms with van der Waals surface area (Å²) in [4.78, 5) is 30.7. The van der Waals surface area contributed by atoms with Crippen LogP contribution in [0.1, 0.15) is 52.0 Å². The van der Waals surface area contributed by atoms with Crippen molar-refractivity contribution in [3.63, 3.8) is 0 Å². The zero-order chi connectivity index (χ0) is 21.3. The average Bonchev–Trinajstić information content (AvgIpc) is 3.20. The van der Waals surface area contributed by atoms with Gasteiger partial charge in [0.05, 0.1) is 0 Å². The minimum atomic E-state index is -0.713. The second-order valence-corrected chi connectivity index (χ2v) is 9.10. The molecular formula is C23H33N3O4. The van der Waals surface area contributed by atoms with Crippen molar-refractivity contribution < 1.29 is 19.1 Å². The summed E-state index contributed by atoms with van der Waals surface area (Å²) in [6, 6.07) is 5.58. The third-order valence-corrected chi connectivity index (χ3v) is 6.52. The number of piperazine rings is 1. The van der Waals surface area contributed by atoms with E-state index in [1.807, 2.05) is 17.0 Å². The van der Waals surface area contributed by atoms with Gasteiger partial charge in [-0.25, -0.2) is 0 Å². The molecule has 1 atom stereocenters. The summed E-state index contributed by atoms with van der Waals surface area (Å²) in [5.41, 5.74) is 0.391. The number of hydrogen-bond acceptors (Lipinski definition) is 5. The van der Waals surface area contributed by atoms with Gasteiger partial charge >= 0.3 is 0 Å². The van der Waals surface area contributed by atoms with Crippen LogP contribution in [0.4, 0.5) is 0 Å². The minimum absolute atomic E-state index is 0.0261. The number of likely N-dealkylation sites (tertiary alicyclic amines) is 1. The first-order chi connectivity index (χ1) is 14.4. The van der Waals surface area contributed by atoms with Crippen LogP contribution < -0.4 is 14.8 Å². The van der Waals surface area contributed by atoms with Crippen molar-refractivity contribution in [3.05, 3.63) is 23.8 Å². The van der Waals surface area contributed by atoms with Gasteiger partial charge in [-0.1, -0.05) is 32.9 Å². The van der Waals surface area contributed by atoms with E-state index in [1.165, 1.54) is 0 Å². The van der Waals surface area contributed by atoms with Crippen LogP contribution in [0.25, 0.3) is 0 Å². The molecule has 0 aliphatic carbocycles. The van der Waals surface area contributed by atoms with E-state index in [-0.39, 0.29) is 18.6 Å². The van der Waals surface area contributed by atoms with Crippen LogP contribution in [-0.2, 0) is 16.1 Å². The summed E-state index contributed by atoms with van der Waals surface area (Å²) in [5.74, 6) is 2.09. The molecule has 4 rings (SSSR count). The highest BCUT2D eigenvalue weighted by Crippen LogP contribution is 2.38. The van der Waals surface area contributed by atoms with E-state index in [9.17, 15) is 9.59 Å². The van der Waals surface area contributed by atoms with E-state index in [0.717, 1.165) is 43.1 Å². The summed E-state index contributed by atoms with van der Waals surface area (Å²) in [5, 5.41) is 3.06. The first kappa shape index (κ1) is 21.0. The summed E-state index contributed by atoms with van der Waals surface area (Å²) in [7, 11) is 0. The molecule has 164 valence electrons. The molecule has 3 heterocycles. The lowest BCUT2D eigenvalue weighted by Gasteiger charge is -2.52. The monoisotopic (exact) mass is 415 g/mol. The molecule has 2 amide bonds. The van der Waals surface area contributed by atoms with E-state index in [0.29, 0.717) is 31.7 Å². The molecule has 0 aromatic heterocycles. The fourth-order valence-electron chi connectivity index (χ4n) is 4.99. The quantitative estimate of drug-likeness (QED) is 0.773. The molecule has 0 radical (unpaired) electrons. The number of nitrogens with zero attached hydrogens (tertiary/aromatic N) is 2. The number of ether oxygens (including phenoxy) is 2. The van der Waals surface area contributed by atoms with Gasteiger partial charge in [-0.2, -0.15) is 0 Å². The molecule has 1 unspecified atom stereocenters. The standard InChI is InChI=1S/C23H33N3O4/c1-4-10-26-21(27)18(13-16(2)3)24-22(28)23(26)8-11-25(12-9-23)14-17-6-5-7-19-20(17)30-15-29-19/h5-7,16,18H,4,8-15H2,1-3H3,(H,24,28). The predicted octanol–water partition coefficient (Wildman–Crippen LogP) is 2.53.